The summed E-state index contributed by atoms with van der Waals surface area (Å²) in [4.78, 5) is 8.64. The van der Waals surface area contributed by atoms with Crippen LogP contribution in [0.1, 0.15) is 5.56 Å². The summed E-state index contributed by atoms with van der Waals surface area (Å²) in [7, 11) is 0. The molecule has 94 valence electrons. The van der Waals surface area contributed by atoms with Crippen LogP contribution in [0.4, 0.5) is 0 Å². The predicted octanol–water partition coefficient (Wildman–Crippen LogP) is 3.36. The molecule has 3 nitrogen and oxygen atoms in total. The van der Waals surface area contributed by atoms with Gasteiger partial charge >= 0.3 is 0 Å². The van der Waals surface area contributed by atoms with Crippen LogP contribution in [-0.2, 0) is 6.61 Å². The third-order valence-corrected chi connectivity index (χ3v) is 3.76. The van der Waals surface area contributed by atoms with Gasteiger partial charge in [-0.15, -0.1) is 11.3 Å². The number of rotatable bonds is 3. The standard InChI is InChI=1S/C15H12N2OS/c18-9-11-1-3-12(4-2-11)14-10-19-15(17-14)13-5-7-16-8-6-13/h1-8,10,18H,9H2. The van der Waals surface area contributed by atoms with Gasteiger partial charge in [-0.05, 0) is 17.7 Å². The predicted molar refractivity (Wildman–Crippen MR) is 76.7 cm³/mol. The number of nitrogens with zero attached hydrogens (tertiary/aromatic N) is 2. The third-order valence-electron chi connectivity index (χ3n) is 2.86. The van der Waals surface area contributed by atoms with Gasteiger partial charge in [0.05, 0.1) is 12.3 Å². The van der Waals surface area contributed by atoms with Crippen molar-refractivity contribution in [1.29, 1.82) is 0 Å². The van der Waals surface area contributed by atoms with Gasteiger partial charge in [-0.3, -0.25) is 4.98 Å². The second-order valence-corrected chi connectivity index (χ2v) is 4.99. The molecule has 0 fully saturated rings. The molecule has 1 aromatic carbocycles. The zero-order chi connectivity index (χ0) is 13.1. The minimum absolute atomic E-state index is 0.0691. The summed E-state index contributed by atoms with van der Waals surface area (Å²) in [6.45, 7) is 0.0691. The van der Waals surface area contributed by atoms with Gasteiger partial charge in [0.15, 0.2) is 0 Å². The molecule has 0 unspecified atom stereocenters. The van der Waals surface area contributed by atoms with Gasteiger partial charge in [0.1, 0.15) is 5.01 Å². The Morgan fingerprint density at radius 3 is 2.37 bits per heavy atom. The van der Waals surface area contributed by atoms with Crippen molar-refractivity contribution in [3.8, 4) is 21.8 Å². The molecule has 19 heavy (non-hydrogen) atoms. The molecule has 0 atom stereocenters. The van der Waals surface area contributed by atoms with Gasteiger partial charge in [-0.2, -0.15) is 0 Å². The summed E-state index contributed by atoms with van der Waals surface area (Å²) in [5.74, 6) is 0. The number of aromatic nitrogens is 2. The lowest BCUT2D eigenvalue weighted by atomic mass is 10.1. The van der Waals surface area contributed by atoms with Crippen LogP contribution < -0.4 is 0 Å². The lowest BCUT2D eigenvalue weighted by Crippen LogP contribution is -1.83. The summed E-state index contributed by atoms with van der Waals surface area (Å²) >= 11 is 1.62. The molecule has 2 aromatic heterocycles. The molecule has 3 rings (SSSR count). The van der Waals surface area contributed by atoms with Gasteiger partial charge < -0.3 is 5.11 Å². The normalized spacial score (nSPS) is 10.6. The Kier molecular flexibility index (Phi) is 3.35. The van der Waals surface area contributed by atoms with Crippen molar-refractivity contribution >= 4 is 11.3 Å². The van der Waals surface area contributed by atoms with Crippen LogP contribution in [0.25, 0.3) is 21.8 Å². The van der Waals surface area contributed by atoms with Crippen LogP contribution in [0.15, 0.2) is 54.2 Å². The number of aliphatic hydroxyl groups excluding tert-OH is 1. The Bertz CT molecular complexity index is 662. The fraction of sp³-hybridized carbons (Fsp3) is 0.0667. The van der Waals surface area contributed by atoms with Gasteiger partial charge in [-0.25, -0.2) is 4.98 Å². The monoisotopic (exact) mass is 268 g/mol. The van der Waals surface area contributed by atoms with Crippen molar-refractivity contribution in [2.75, 3.05) is 0 Å². The highest BCUT2D eigenvalue weighted by molar-refractivity contribution is 7.13. The first-order chi connectivity index (χ1) is 9.36. The van der Waals surface area contributed by atoms with Crippen LogP contribution in [0.3, 0.4) is 0 Å². The molecule has 3 aromatic rings. The fourth-order valence-electron chi connectivity index (χ4n) is 1.81. The van der Waals surface area contributed by atoms with E-state index in [0.717, 1.165) is 27.4 Å². The second-order valence-electron chi connectivity index (χ2n) is 4.13. The minimum atomic E-state index is 0.0691. The van der Waals surface area contributed by atoms with Crippen molar-refractivity contribution in [2.24, 2.45) is 0 Å². The van der Waals surface area contributed by atoms with E-state index >= 15 is 0 Å². The van der Waals surface area contributed by atoms with E-state index in [1.165, 1.54) is 0 Å². The minimum Gasteiger partial charge on any atom is -0.392 e. The Labute approximate surface area is 115 Å². The molecule has 2 heterocycles. The number of benzene rings is 1. The first kappa shape index (κ1) is 12.0. The molecule has 0 aliphatic rings. The summed E-state index contributed by atoms with van der Waals surface area (Å²) in [6, 6.07) is 11.7. The number of hydrogen-bond donors (Lipinski definition) is 1. The average molecular weight is 268 g/mol. The van der Waals surface area contributed by atoms with Gasteiger partial charge in [0, 0.05) is 28.9 Å². The van der Waals surface area contributed by atoms with Crippen LogP contribution in [0.2, 0.25) is 0 Å². The third kappa shape index (κ3) is 2.54. The van der Waals surface area contributed by atoms with Crippen LogP contribution in [0.5, 0.6) is 0 Å². The lowest BCUT2D eigenvalue weighted by Gasteiger charge is -1.99. The van der Waals surface area contributed by atoms with Gasteiger partial charge in [0.25, 0.3) is 0 Å². The first-order valence-electron chi connectivity index (χ1n) is 5.93. The largest absolute Gasteiger partial charge is 0.392 e. The summed E-state index contributed by atoms with van der Waals surface area (Å²) in [6.07, 6.45) is 3.54. The van der Waals surface area contributed by atoms with Gasteiger partial charge in [0.2, 0.25) is 0 Å². The summed E-state index contributed by atoms with van der Waals surface area (Å²) < 4.78 is 0. The number of pyridine rings is 1. The molecule has 4 heteroatoms. The molecule has 0 saturated heterocycles. The SMILES string of the molecule is OCc1ccc(-c2csc(-c3ccncc3)n2)cc1. The van der Waals surface area contributed by atoms with E-state index in [0.29, 0.717) is 0 Å². The van der Waals surface area contributed by atoms with Crippen LogP contribution in [0, 0.1) is 0 Å². The Morgan fingerprint density at radius 1 is 0.947 bits per heavy atom. The smallest absolute Gasteiger partial charge is 0.124 e. The maximum absolute atomic E-state index is 9.03. The highest BCUT2D eigenvalue weighted by atomic mass is 32.1. The number of hydrogen-bond acceptors (Lipinski definition) is 4. The average Bonchev–Trinajstić information content (AvgIpc) is 2.98. The topological polar surface area (TPSA) is 46.0 Å². The summed E-state index contributed by atoms with van der Waals surface area (Å²) in [5.41, 5.74) is 4.02. The molecule has 1 N–H and O–H groups in total. The van der Waals surface area contributed by atoms with E-state index in [-0.39, 0.29) is 6.61 Å². The highest BCUT2D eigenvalue weighted by Gasteiger charge is 2.06. The van der Waals surface area contributed by atoms with Crippen molar-refractivity contribution in [3.63, 3.8) is 0 Å². The Hall–Kier alpha value is -2.04. The van der Waals surface area contributed by atoms with Crippen molar-refractivity contribution in [1.82, 2.24) is 9.97 Å². The Balaban J connectivity index is 1.92. The van der Waals surface area contributed by atoms with E-state index in [9.17, 15) is 0 Å². The fourth-order valence-corrected chi connectivity index (χ4v) is 2.65. The molecule has 0 spiro atoms. The molecule has 0 bridgehead atoms. The molecule has 0 aliphatic carbocycles. The van der Waals surface area contributed by atoms with Crippen molar-refractivity contribution in [3.05, 3.63) is 59.7 Å². The quantitative estimate of drug-likeness (QED) is 0.792. The van der Waals surface area contributed by atoms with Crippen molar-refractivity contribution < 1.29 is 5.11 Å². The molecule has 0 saturated carbocycles. The van der Waals surface area contributed by atoms with E-state index in [1.807, 2.05) is 41.8 Å². The van der Waals surface area contributed by atoms with Crippen LogP contribution >= 0.6 is 11.3 Å². The molecule has 0 aliphatic heterocycles. The van der Waals surface area contributed by atoms with E-state index in [1.54, 1.807) is 23.7 Å². The molecule has 0 amide bonds. The summed E-state index contributed by atoms with van der Waals surface area (Å²) in [5, 5.41) is 12.1. The van der Waals surface area contributed by atoms with Gasteiger partial charge in [-0.1, -0.05) is 24.3 Å². The molecule has 0 radical (unpaired) electrons. The van der Waals surface area contributed by atoms with E-state index in [4.69, 9.17) is 5.11 Å². The molecular weight excluding hydrogens is 256 g/mol. The zero-order valence-electron chi connectivity index (χ0n) is 10.2. The maximum Gasteiger partial charge on any atom is 0.124 e. The molecular formula is C15H12N2OS. The Morgan fingerprint density at radius 2 is 1.68 bits per heavy atom. The van der Waals surface area contributed by atoms with Crippen LogP contribution in [-0.4, -0.2) is 15.1 Å². The maximum atomic E-state index is 9.03. The second kappa shape index (κ2) is 5.30. The first-order valence-corrected chi connectivity index (χ1v) is 6.81. The zero-order valence-corrected chi connectivity index (χ0v) is 11.0. The van der Waals surface area contributed by atoms with Crippen molar-refractivity contribution in [2.45, 2.75) is 6.61 Å². The van der Waals surface area contributed by atoms with E-state index < -0.39 is 0 Å². The lowest BCUT2D eigenvalue weighted by molar-refractivity contribution is 0.282. The number of aliphatic hydroxyl groups is 1. The number of thiazole rings is 1. The highest BCUT2D eigenvalue weighted by Crippen LogP contribution is 2.28. The van der Waals surface area contributed by atoms with E-state index in [2.05, 4.69) is 9.97 Å².